The van der Waals surface area contributed by atoms with E-state index in [0.29, 0.717) is 12.1 Å². The molecule has 1 aromatic carbocycles. The number of carbonyl (C=O) groups excluding carboxylic acids is 2. The maximum absolute atomic E-state index is 13.5. The highest BCUT2D eigenvalue weighted by molar-refractivity contribution is 6.08. The average molecular weight is 423 g/mol. The number of rotatable bonds is 4. The van der Waals surface area contributed by atoms with Crippen molar-refractivity contribution in [3.8, 4) is 5.69 Å². The summed E-state index contributed by atoms with van der Waals surface area (Å²) in [4.78, 5) is 53.1. The van der Waals surface area contributed by atoms with Crippen molar-refractivity contribution in [2.45, 2.75) is 38.5 Å². The van der Waals surface area contributed by atoms with Gasteiger partial charge >= 0.3 is 23.3 Å². The maximum atomic E-state index is 13.5. The smallest absolute Gasteiger partial charge is 0.352 e. The summed E-state index contributed by atoms with van der Waals surface area (Å²) in [6, 6.07) is 7.45. The minimum atomic E-state index is -1.50. The highest BCUT2D eigenvalue weighted by Crippen LogP contribution is 2.85. The van der Waals surface area contributed by atoms with Gasteiger partial charge in [-0.25, -0.2) is 23.5 Å². The molecule has 2 fully saturated rings. The van der Waals surface area contributed by atoms with E-state index in [9.17, 15) is 19.2 Å². The Morgan fingerprint density at radius 3 is 2.45 bits per heavy atom. The molecule has 1 saturated heterocycles. The number of hydrogen-bond donors (Lipinski definition) is 0. The molecule has 31 heavy (non-hydrogen) atoms. The van der Waals surface area contributed by atoms with Gasteiger partial charge in [-0.1, -0.05) is 37.3 Å². The van der Waals surface area contributed by atoms with Crippen LogP contribution in [0, 0.1) is 16.7 Å². The third-order valence-electron chi connectivity index (χ3n) is 7.54. The van der Waals surface area contributed by atoms with Crippen LogP contribution in [0.5, 0.6) is 0 Å². The molecular weight excluding hydrogens is 402 g/mol. The van der Waals surface area contributed by atoms with Crippen LogP contribution < -0.4 is 11.4 Å². The summed E-state index contributed by atoms with van der Waals surface area (Å²) in [5.41, 5.74) is -2.94. The van der Waals surface area contributed by atoms with E-state index in [1.165, 1.54) is 9.36 Å². The SMILES string of the molecule is CCOC(=O)[C@@]12C(=O)O[C@@H](CC)C13[C@@H]1C=C[C@H]([C@@H]32)n2c(=O)n(-c3ccccc3)c(=O)n21. The normalized spacial score (nSPS) is 35.9. The lowest BCUT2D eigenvalue weighted by Crippen LogP contribution is -2.48. The summed E-state index contributed by atoms with van der Waals surface area (Å²) in [5, 5.41) is 0. The Kier molecular flexibility index (Phi) is 3.36. The first kappa shape index (κ1) is 18.4. The summed E-state index contributed by atoms with van der Waals surface area (Å²) in [5.74, 6) is -1.71. The van der Waals surface area contributed by atoms with E-state index in [-0.39, 0.29) is 6.61 Å². The first-order valence-corrected chi connectivity index (χ1v) is 10.6. The lowest BCUT2D eigenvalue weighted by molar-refractivity contribution is -0.163. The molecule has 9 heteroatoms. The van der Waals surface area contributed by atoms with E-state index in [4.69, 9.17) is 9.47 Å². The molecule has 0 radical (unpaired) electrons. The van der Waals surface area contributed by atoms with Crippen molar-refractivity contribution in [2.24, 2.45) is 16.7 Å². The number of para-hydroxylation sites is 1. The third kappa shape index (κ3) is 1.70. The van der Waals surface area contributed by atoms with Gasteiger partial charge in [0.1, 0.15) is 6.10 Å². The fraction of sp³-hybridized carbons (Fsp3) is 0.455. The topological polar surface area (TPSA) is 102 Å². The van der Waals surface area contributed by atoms with E-state index >= 15 is 0 Å². The number of aromatic nitrogens is 3. The van der Waals surface area contributed by atoms with E-state index in [0.717, 1.165) is 4.57 Å². The Labute approximate surface area is 176 Å². The molecule has 1 saturated carbocycles. The second-order valence-corrected chi connectivity index (χ2v) is 8.49. The summed E-state index contributed by atoms with van der Waals surface area (Å²) in [6.45, 7) is 3.70. The van der Waals surface area contributed by atoms with Gasteiger partial charge in [-0.3, -0.25) is 9.59 Å². The molecule has 0 amide bonds. The number of allylic oxidation sites excluding steroid dienone is 2. The van der Waals surface area contributed by atoms with Gasteiger partial charge in [0.15, 0.2) is 5.41 Å². The summed E-state index contributed by atoms with van der Waals surface area (Å²) >= 11 is 0. The Bertz CT molecular complexity index is 1290. The van der Waals surface area contributed by atoms with Crippen molar-refractivity contribution in [1.82, 2.24) is 13.9 Å². The number of benzene rings is 1. The van der Waals surface area contributed by atoms with E-state index in [1.807, 2.05) is 25.1 Å². The molecule has 5 aliphatic rings. The van der Waals surface area contributed by atoms with Gasteiger partial charge < -0.3 is 9.47 Å². The van der Waals surface area contributed by atoms with Crippen LogP contribution in [-0.2, 0) is 19.1 Å². The fourth-order valence-corrected chi connectivity index (χ4v) is 6.62. The molecule has 2 aliphatic carbocycles. The van der Waals surface area contributed by atoms with Crippen molar-refractivity contribution in [1.29, 1.82) is 0 Å². The molecule has 0 N–H and O–H groups in total. The number of ether oxygens (including phenoxy) is 2. The van der Waals surface area contributed by atoms with Crippen molar-refractivity contribution < 1.29 is 19.1 Å². The van der Waals surface area contributed by atoms with Gasteiger partial charge in [0.25, 0.3) is 0 Å². The largest absolute Gasteiger partial charge is 0.465 e. The van der Waals surface area contributed by atoms with Gasteiger partial charge in [-0.15, -0.1) is 0 Å². The van der Waals surface area contributed by atoms with Crippen LogP contribution in [0.15, 0.2) is 52.1 Å². The van der Waals surface area contributed by atoms with Crippen LogP contribution in [0.25, 0.3) is 5.69 Å². The zero-order chi connectivity index (χ0) is 21.7. The molecule has 4 heterocycles. The standard InChI is InChI=1S/C22H21N3O6/c1-3-15-21-14-11-10-13(16(21)22(21,18(27)31-15)17(26)30-4-2)24-19(28)23(20(29)25(14)24)12-8-6-5-7-9-12/h5-11,13-16H,3-4H2,1-2H3/t13-,14+,15+,16+,21?,22+/m1/s1. The first-order valence-electron chi connectivity index (χ1n) is 10.6. The minimum Gasteiger partial charge on any atom is -0.465 e. The van der Waals surface area contributed by atoms with Gasteiger partial charge in [0, 0.05) is 5.92 Å². The van der Waals surface area contributed by atoms with Gasteiger partial charge in [0.05, 0.1) is 29.8 Å². The quantitative estimate of drug-likeness (QED) is 0.413. The second kappa shape index (κ2) is 5.66. The summed E-state index contributed by atoms with van der Waals surface area (Å²) < 4.78 is 14.9. The number of carbonyl (C=O) groups is 2. The zero-order valence-corrected chi connectivity index (χ0v) is 17.1. The lowest BCUT2D eigenvalue weighted by atomic mass is 9.78. The van der Waals surface area contributed by atoms with Crippen molar-refractivity contribution in [3.63, 3.8) is 0 Å². The molecule has 160 valence electrons. The first-order chi connectivity index (χ1) is 15.0. The lowest BCUT2D eigenvalue weighted by Gasteiger charge is -2.40. The molecule has 1 spiro atoms. The Hall–Kier alpha value is -3.36. The molecule has 2 aromatic rings. The van der Waals surface area contributed by atoms with Crippen LogP contribution in [-0.4, -0.2) is 38.6 Å². The van der Waals surface area contributed by atoms with E-state index < -0.39 is 58.3 Å². The van der Waals surface area contributed by atoms with Crippen LogP contribution >= 0.6 is 0 Å². The predicted molar refractivity (Wildman–Crippen MR) is 107 cm³/mol. The van der Waals surface area contributed by atoms with Crippen LogP contribution in [0.4, 0.5) is 0 Å². The monoisotopic (exact) mass is 423 g/mol. The Balaban J connectivity index is 1.61. The zero-order valence-electron chi connectivity index (χ0n) is 17.1. The van der Waals surface area contributed by atoms with Crippen molar-refractivity contribution in [3.05, 3.63) is 63.5 Å². The van der Waals surface area contributed by atoms with Crippen molar-refractivity contribution >= 4 is 11.9 Å². The molecular formula is C22H21N3O6. The molecule has 6 atom stereocenters. The molecule has 7 rings (SSSR count). The molecule has 2 bridgehead atoms. The summed E-state index contributed by atoms with van der Waals surface area (Å²) in [6.07, 6.45) is 3.63. The van der Waals surface area contributed by atoms with Crippen LogP contribution in [0.2, 0.25) is 0 Å². The third-order valence-corrected chi connectivity index (χ3v) is 7.54. The number of nitrogens with zero attached hydrogens (tertiary/aromatic N) is 3. The van der Waals surface area contributed by atoms with Gasteiger partial charge in [-0.2, -0.15) is 0 Å². The predicted octanol–water partition coefficient (Wildman–Crippen LogP) is 0.967. The average Bonchev–Trinajstić information content (AvgIpc) is 3.28. The Morgan fingerprint density at radius 2 is 1.77 bits per heavy atom. The van der Waals surface area contributed by atoms with E-state index in [2.05, 4.69) is 0 Å². The number of hydrogen-bond acceptors (Lipinski definition) is 6. The summed E-state index contributed by atoms with van der Waals surface area (Å²) in [7, 11) is 0. The molecule has 1 unspecified atom stereocenters. The maximum Gasteiger partial charge on any atom is 0.352 e. The molecule has 1 aromatic heterocycles. The number of cyclic esters (lactones) is 1. The minimum absolute atomic E-state index is 0.128. The Morgan fingerprint density at radius 1 is 1.06 bits per heavy atom. The highest BCUT2D eigenvalue weighted by atomic mass is 16.6. The van der Waals surface area contributed by atoms with Crippen molar-refractivity contribution in [2.75, 3.05) is 6.61 Å². The van der Waals surface area contributed by atoms with Crippen LogP contribution in [0.3, 0.4) is 0 Å². The second-order valence-electron chi connectivity index (χ2n) is 8.49. The van der Waals surface area contributed by atoms with Crippen LogP contribution in [0.1, 0.15) is 32.4 Å². The fourth-order valence-electron chi connectivity index (χ4n) is 6.62. The van der Waals surface area contributed by atoms with E-state index in [1.54, 1.807) is 31.2 Å². The number of esters is 2. The molecule has 9 nitrogen and oxygen atoms in total. The van der Waals surface area contributed by atoms with Gasteiger partial charge in [0.2, 0.25) is 0 Å². The highest BCUT2D eigenvalue weighted by Gasteiger charge is 2.97. The molecule has 3 aliphatic heterocycles. The van der Waals surface area contributed by atoms with Gasteiger partial charge in [-0.05, 0) is 25.5 Å².